The molecule has 0 saturated carbocycles. The first-order valence-corrected chi connectivity index (χ1v) is 11.6. The second-order valence-electron chi connectivity index (χ2n) is 8.23. The van der Waals surface area contributed by atoms with Gasteiger partial charge in [-0.1, -0.05) is 29.8 Å². The first-order chi connectivity index (χ1) is 17.5. The molecule has 1 aromatic heterocycles. The van der Waals surface area contributed by atoms with Crippen molar-refractivity contribution in [3.8, 4) is 23.0 Å². The summed E-state index contributed by atoms with van der Waals surface area (Å²) in [7, 11) is 3.12. The van der Waals surface area contributed by atoms with E-state index < -0.39 is 5.82 Å². The molecule has 0 amide bonds. The number of methoxy groups -OCH3 is 2. The summed E-state index contributed by atoms with van der Waals surface area (Å²) in [6, 6.07) is 17.8. The number of hydrogen-bond donors (Lipinski definition) is 0. The van der Waals surface area contributed by atoms with Crippen LogP contribution < -0.4 is 14.2 Å². The zero-order chi connectivity index (χ0) is 25.1. The lowest BCUT2D eigenvalue weighted by molar-refractivity contribution is 0.355. The fourth-order valence-electron chi connectivity index (χ4n) is 4.04. The van der Waals surface area contributed by atoms with Gasteiger partial charge in [0, 0.05) is 42.0 Å². The zero-order valence-corrected chi connectivity index (χ0v) is 20.5. The number of ether oxygens (including phenoxy) is 3. The molecule has 8 heteroatoms. The van der Waals surface area contributed by atoms with Crippen LogP contribution in [0.15, 0.2) is 78.1 Å². The maximum absolute atomic E-state index is 15.2. The minimum Gasteiger partial charge on any atom is -0.493 e. The van der Waals surface area contributed by atoms with Gasteiger partial charge in [0.05, 0.1) is 26.1 Å². The number of rotatable bonds is 7. The quantitative estimate of drug-likeness (QED) is 0.280. The van der Waals surface area contributed by atoms with Crippen LogP contribution in [0.5, 0.6) is 23.0 Å². The van der Waals surface area contributed by atoms with Crippen LogP contribution in [0.4, 0.5) is 4.39 Å². The van der Waals surface area contributed by atoms with E-state index in [1.807, 2.05) is 30.3 Å². The third-order valence-corrected chi connectivity index (χ3v) is 6.11. The van der Waals surface area contributed by atoms with Crippen LogP contribution in [-0.4, -0.2) is 37.0 Å². The summed E-state index contributed by atoms with van der Waals surface area (Å²) in [4.78, 5) is 10.8. The molecule has 182 valence electrons. The van der Waals surface area contributed by atoms with Crippen LogP contribution in [0.1, 0.15) is 11.1 Å². The van der Waals surface area contributed by atoms with E-state index in [1.165, 1.54) is 6.07 Å². The smallest absolute Gasteiger partial charge is 0.166 e. The van der Waals surface area contributed by atoms with E-state index in [0.717, 1.165) is 16.7 Å². The maximum Gasteiger partial charge on any atom is 0.166 e. The number of nitrogens with zero attached hydrogens (tertiary/aromatic N) is 3. The monoisotopic (exact) mass is 503 g/mol. The predicted octanol–water partition coefficient (Wildman–Crippen LogP) is 6.72. The van der Waals surface area contributed by atoms with Crippen molar-refractivity contribution in [2.45, 2.75) is 6.54 Å². The first-order valence-electron chi connectivity index (χ1n) is 11.2. The molecule has 0 atom stereocenters. The predicted molar refractivity (Wildman–Crippen MR) is 140 cm³/mol. The van der Waals surface area contributed by atoms with Gasteiger partial charge in [0.25, 0.3) is 0 Å². The normalized spacial score (nSPS) is 13.0. The van der Waals surface area contributed by atoms with E-state index in [2.05, 4.69) is 14.9 Å². The number of benzene rings is 3. The Morgan fingerprint density at radius 1 is 0.917 bits per heavy atom. The molecule has 0 fully saturated rings. The van der Waals surface area contributed by atoms with Gasteiger partial charge in [-0.05, 0) is 53.1 Å². The van der Waals surface area contributed by atoms with Crippen LogP contribution in [0.25, 0.3) is 16.5 Å². The van der Waals surface area contributed by atoms with Crippen molar-refractivity contribution in [3.05, 3.63) is 95.0 Å². The maximum atomic E-state index is 15.2. The molecule has 0 N–H and O–H groups in total. The van der Waals surface area contributed by atoms with E-state index in [9.17, 15) is 0 Å². The standard InChI is InChI=1S/C28H23ClFN3O3/c1-34-27-12-22-24(13-28(27)35-2)32-10-9-25(22)36-26-8-5-19(11-23(26)30)20-14-31-17-33(16-20)15-18-3-6-21(29)7-4-18/h3-14,17H,15-16H2,1-2H3. The summed E-state index contributed by atoms with van der Waals surface area (Å²) >= 11 is 5.98. The summed E-state index contributed by atoms with van der Waals surface area (Å²) in [5.41, 5.74) is 3.40. The summed E-state index contributed by atoms with van der Waals surface area (Å²) < 4.78 is 31.9. The van der Waals surface area contributed by atoms with Crippen LogP contribution in [0.2, 0.25) is 5.02 Å². The van der Waals surface area contributed by atoms with E-state index in [4.69, 9.17) is 25.8 Å². The number of halogens is 2. The third kappa shape index (κ3) is 4.97. The average Bonchev–Trinajstić information content (AvgIpc) is 2.90. The Balaban J connectivity index is 1.35. The second kappa shape index (κ2) is 10.3. The SMILES string of the molecule is COc1cc2nccc(Oc3ccc(C4=CN=CN(Cc5ccc(Cl)cc5)C4)cc3F)c2cc1OC. The van der Waals surface area contributed by atoms with Crippen molar-refractivity contribution in [1.29, 1.82) is 0 Å². The number of fused-ring (bicyclic) bond motifs is 1. The van der Waals surface area contributed by atoms with Crippen molar-refractivity contribution in [1.82, 2.24) is 9.88 Å². The topological polar surface area (TPSA) is 56.2 Å². The second-order valence-corrected chi connectivity index (χ2v) is 8.67. The van der Waals surface area contributed by atoms with Crippen LogP contribution >= 0.6 is 11.6 Å². The first kappa shape index (κ1) is 23.6. The van der Waals surface area contributed by atoms with Crippen molar-refractivity contribution < 1.29 is 18.6 Å². The lowest BCUT2D eigenvalue weighted by Gasteiger charge is -2.24. The van der Waals surface area contributed by atoms with Crippen LogP contribution in [-0.2, 0) is 6.54 Å². The minimum absolute atomic E-state index is 0.110. The Hall–Kier alpha value is -4.10. The Labute approximate surface area is 213 Å². The molecule has 5 rings (SSSR count). The van der Waals surface area contributed by atoms with Crippen molar-refractivity contribution in [3.63, 3.8) is 0 Å². The van der Waals surface area contributed by atoms with Gasteiger partial charge < -0.3 is 19.1 Å². The molecule has 0 saturated heterocycles. The molecule has 1 aliphatic rings. The third-order valence-electron chi connectivity index (χ3n) is 5.86. The van der Waals surface area contributed by atoms with Crippen LogP contribution in [0, 0.1) is 5.82 Å². The molecule has 1 aliphatic heterocycles. The molecule has 0 bridgehead atoms. The lowest BCUT2D eigenvalue weighted by atomic mass is 10.0. The lowest BCUT2D eigenvalue weighted by Crippen LogP contribution is -2.25. The molecule has 0 radical (unpaired) electrons. The molecular weight excluding hydrogens is 481 g/mol. The van der Waals surface area contributed by atoms with Gasteiger partial charge in [0.15, 0.2) is 23.1 Å². The molecule has 3 aromatic carbocycles. The molecular formula is C28H23ClFN3O3. The highest BCUT2D eigenvalue weighted by atomic mass is 35.5. The molecule has 0 spiro atoms. The fourth-order valence-corrected chi connectivity index (χ4v) is 4.17. The van der Waals surface area contributed by atoms with Crippen molar-refractivity contribution >= 4 is 34.4 Å². The highest BCUT2D eigenvalue weighted by Crippen LogP contribution is 2.37. The average molecular weight is 504 g/mol. The number of hydrogen-bond acceptors (Lipinski definition) is 6. The number of pyridine rings is 1. The van der Waals surface area contributed by atoms with E-state index in [1.54, 1.807) is 57.2 Å². The van der Waals surface area contributed by atoms with Gasteiger partial charge in [-0.2, -0.15) is 0 Å². The Morgan fingerprint density at radius 3 is 2.44 bits per heavy atom. The summed E-state index contributed by atoms with van der Waals surface area (Å²) in [6.07, 6.45) is 5.14. The fraction of sp³-hybridized carbons (Fsp3) is 0.143. The van der Waals surface area contributed by atoms with Gasteiger partial charge in [-0.15, -0.1) is 0 Å². The molecule has 2 heterocycles. The molecule has 36 heavy (non-hydrogen) atoms. The van der Waals surface area contributed by atoms with Gasteiger partial charge in [0.2, 0.25) is 0 Å². The highest BCUT2D eigenvalue weighted by molar-refractivity contribution is 6.30. The van der Waals surface area contributed by atoms with Crippen LogP contribution in [0.3, 0.4) is 0 Å². The van der Waals surface area contributed by atoms with Gasteiger partial charge in [-0.25, -0.2) is 9.38 Å². The van der Waals surface area contributed by atoms with Gasteiger partial charge in [-0.3, -0.25) is 4.98 Å². The minimum atomic E-state index is -0.474. The summed E-state index contributed by atoms with van der Waals surface area (Å²) in [5, 5.41) is 1.38. The van der Waals surface area contributed by atoms with Gasteiger partial charge in [0.1, 0.15) is 5.75 Å². The van der Waals surface area contributed by atoms with E-state index in [-0.39, 0.29) is 5.75 Å². The molecule has 0 aliphatic carbocycles. The largest absolute Gasteiger partial charge is 0.493 e. The van der Waals surface area contributed by atoms with E-state index in [0.29, 0.717) is 46.3 Å². The Kier molecular flexibility index (Phi) is 6.73. The Bertz CT molecular complexity index is 1470. The molecule has 0 unspecified atom stereocenters. The van der Waals surface area contributed by atoms with Crippen molar-refractivity contribution in [2.24, 2.45) is 4.99 Å². The molecule has 6 nitrogen and oxygen atoms in total. The molecule has 4 aromatic rings. The number of aromatic nitrogens is 1. The van der Waals surface area contributed by atoms with Crippen molar-refractivity contribution in [2.75, 3.05) is 20.8 Å². The highest BCUT2D eigenvalue weighted by Gasteiger charge is 2.16. The Morgan fingerprint density at radius 2 is 1.69 bits per heavy atom. The number of aliphatic imine (C=N–C) groups is 1. The zero-order valence-electron chi connectivity index (χ0n) is 19.7. The van der Waals surface area contributed by atoms with Gasteiger partial charge >= 0.3 is 0 Å². The van der Waals surface area contributed by atoms with E-state index >= 15 is 4.39 Å². The summed E-state index contributed by atoms with van der Waals surface area (Å²) in [6.45, 7) is 1.27. The summed E-state index contributed by atoms with van der Waals surface area (Å²) in [5.74, 6) is 1.19.